The summed E-state index contributed by atoms with van der Waals surface area (Å²) in [4.78, 5) is 28.2. The number of aliphatic carboxylic acids is 1. The third-order valence-corrected chi connectivity index (χ3v) is 9.12. The summed E-state index contributed by atoms with van der Waals surface area (Å²) in [5.41, 5.74) is 2.90. The van der Waals surface area contributed by atoms with Gasteiger partial charge in [-0.2, -0.15) is 17.6 Å². The second-order valence-corrected chi connectivity index (χ2v) is 12.1. The minimum Gasteiger partial charge on any atom is -0.478 e. The zero-order valence-electron chi connectivity index (χ0n) is 27.1. The molecule has 0 saturated carbocycles. The molecular formula is C37H39ClF4N2O5. The number of piperidine rings is 1. The van der Waals surface area contributed by atoms with Crippen molar-refractivity contribution < 1.29 is 41.7 Å². The number of benzene rings is 3. The van der Waals surface area contributed by atoms with Crippen LogP contribution in [0.25, 0.3) is 0 Å². The van der Waals surface area contributed by atoms with Crippen LogP contribution >= 0.6 is 12.4 Å². The minimum atomic E-state index is -4.76. The van der Waals surface area contributed by atoms with E-state index in [1.807, 2.05) is 12.1 Å². The van der Waals surface area contributed by atoms with Crippen LogP contribution in [-0.2, 0) is 19.7 Å². The number of nitrogens with zero attached hydrogens (tertiary/aromatic N) is 1. The lowest BCUT2D eigenvalue weighted by molar-refractivity contribution is -0.253. The lowest BCUT2D eigenvalue weighted by atomic mass is 9.68. The summed E-state index contributed by atoms with van der Waals surface area (Å²) in [6.45, 7) is 5.54. The third-order valence-electron chi connectivity index (χ3n) is 9.12. The summed E-state index contributed by atoms with van der Waals surface area (Å²) in [6.07, 6.45) is -6.46. The number of halogens is 5. The first-order valence-electron chi connectivity index (χ1n) is 15.8. The Bertz CT molecular complexity index is 1630. The Morgan fingerprint density at radius 2 is 1.49 bits per heavy atom. The normalized spacial score (nSPS) is 18.1. The van der Waals surface area contributed by atoms with Crippen LogP contribution in [0.3, 0.4) is 0 Å². The summed E-state index contributed by atoms with van der Waals surface area (Å²) in [5.74, 6) is -3.95. The number of carboxylic acids is 1. The first-order valence-corrected chi connectivity index (χ1v) is 15.8. The molecule has 0 aromatic heterocycles. The molecule has 1 unspecified atom stereocenters. The molecule has 1 saturated heterocycles. The molecule has 3 aromatic rings. The molecule has 49 heavy (non-hydrogen) atoms. The predicted molar refractivity (Wildman–Crippen MR) is 179 cm³/mol. The molecule has 2 aliphatic rings. The van der Waals surface area contributed by atoms with Crippen molar-refractivity contribution in [3.63, 3.8) is 0 Å². The topological polar surface area (TPSA) is 88.1 Å². The molecule has 2 heterocycles. The zero-order chi connectivity index (χ0) is 34.5. The van der Waals surface area contributed by atoms with E-state index >= 15 is 0 Å². The molecule has 0 amide bonds. The summed E-state index contributed by atoms with van der Waals surface area (Å²) < 4.78 is 62.8. The van der Waals surface area contributed by atoms with Crippen molar-refractivity contribution in [1.82, 2.24) is 10.2 Å². The molecule has 1 fully saturated rings. The summed E-state index contributed by atoms with van der Waals surface area (Å²) in [7, 11) is 0. The summed E-state index contributed by atoms with van der Waals surface area (Å²) >= 11 is 0. The predicted octanol–water partition coefficient (Wildman–Crippen LogP) is 7.68. The summed E-state index contributed by atoms with van der Waals surface area (Å²) in [6, 6.07) is 25.8. The van der Waals surface area contributed by atoms with E-state index < -0.39 is 36.1 Å². The molecular weight excluding hydrogens is 664 g/mol. The molecule has 12 heteroatoms. The van der Waals surface area contributed by atoms with Crippen molar-refractivity contribution in [2.45, 2.75) is 57.0 Å². The van der Waals surface area contributed by atoms with Crippen LogP contribution in [-0.4, -0.2) is 60.7 Å². The molecule has 262 valence electrons. The van der Waals surface area contributed by atoms with Gasteiger partial charge in [-0.3, -0.25) is 0 Å². The maximum absolute atomic E-state index is 13.7. The van der Waals surface area contributed by atoms with E-state index in [0.29, 0.717) is 18.7 Å². The maximum Gasteiger partial charge on any atom is 0.461 e. The fourth-order valence-corrected chi connectivity index (χ4v) is 6.79. The van der Waals surface area contributed by atoms with Crippen LogP contribution in [0.4, 0.5) is 17.6 Å². The van der Waals surface area contributed by atoms with Crippen molar-refractivity contribution in [1.29, 1.82) is 0 Å². The van der Waals surface area contributed by atoms with Gasteiger partial charge in [0.25, 0.3) is 0 Å². The van der Waals surface area contributed by atoms with Crippen LogP contribution in [0.1, 0.15) is 55.7 Å². The standard InChI is InChI=1S/C37H38F4N2O5.ClH/c1-24-30(33(44)45)32(26-11-9-16-29(23-26)48-37(40,41)35(38)39)31(25(2)42-24)34(46)47-22-10-19-43-20-17-36(18-21-43,27-12-5-3-6-13-27)28-14-7-4-8-15-28;/h3-9,11-16,23,32,35,42H,10,17-22H2,1-2H3,(H,44,45);1H. The van der Waals surface area contributed by atoms with Gasteiger partial charge in [0.15, 0.2) is 0 Å². The Labute approximate surface area is 289 Å². The number of alkyl halides is 4. The first kappa shape index (κ1) is 37.5. The zero-order valence-corrected chi connectivity index (χ0v) is 28.0. The first-order chi connectivity index (χ1) is 22.9. The molecule has 7 nitrogen and oxygen atoms in total. The van der Waals surface area contributed by atoms with Gasteiger partial charge in [-0.15, -0.1) is 12.4 Å². The van der Waals surface area contributed by atoms with E-state index in [-0.39, 0.29) is 46.8 Å². The van der Waals surface area contributed by atoms with Gasteiger partial charge in [0.2, 0.25) is 0 Å². The van der Waals surface area contributed by atoms with Gasteiger partial charge in [-0.05, 0) is 75.0 Å². The van der Waals surface area contributed by atoms with Gasteiger partial charge >= 0.3 is 24.5 Å². The van der Waals surface area contributed by atoms with Crippen molar-refractivity contribution in [2.24, 2.45) is 0 Å². The summed E-state index contributed by atoms with van der Waals surface area (Å²) in [5, 5.41) is 13.0. The van der Waals surface area contributed by atoms with E-state index in [0.717, 1.165) is 38.1 Å². The van der Waals surface area contributed by atoms with Gasteiger partial charge < -0.3 is 24.8 Å². The largest absolute Gasteiger partial charge is 0.478 e. The number of carbonyl (C=O) groups is 2. The Morgan fingerprint density at radius 1 is 0.918 bits per heavy atom. The van der Waals surface area contributed by atoms with Crippen LogP contribution in [0.5, 0.6) is 5.75 Å². The number of esters is 1. The minimum absolute atomic E-state index is 0. The van der Waals surface area contributed by atoms with Gasteiger partial charge in [0, 0.05) is 23.4 Å². The van der Waals surface area contributed by atoms with Crippen molar-refractivity contribution in [3.8, 4) is 5.75 Å². The third kappa shape index (κ3) is 8.28. The molecule has 1 atom stereocenters. The number of ether oxygens (including phenoxy) is 2. The Balaban J connectivity index is 0.00000541. The van der Waals surface area contributed by atoms with Crippen molar-refractivity contribution in [2.75, 3.05) is 26.2 Å². The highest BCUT2D eigenvalue weighted by atomic mass is 35.5. The average Bonchev–Trinajstić information content (AvgIpc) is 3.07. The smallest absolute Gasteiger partial charge is 0.461 e. The average molecular weight is 703 g/mol. The number of hydrogen-bond acceptors (Lipinski definition) is 6. The quantitative estimate of drug-likeness (QED) is 0.114. The number of likely N-dealkylation sites (tertiary alicyclic amines) is 1. The number of nitrogens with one attached hydrogen (secondary N) is 1. The highest BCUT2D eigenvalue weighted by molar-refractivity contribution is 5.99. The number of rotatable bonds is 12. The van der Waals surface area contributed by atoms with E-state index in [4.69, 9.17) is 4.74 Å². The number of carboxylic acid groups (broad SMARTS) is 1. The Hall–Kier alpha value is -4.35. The van der Waals surface area contributed by atoms with Gasteiger partial charge in [-0.1, -0.05) is 72.8 Å². The second kappa shape index (κ2) is 15.9. The molecule has 0 spiro atoms. The van der Waals surface area contributed by atoms with Gasteiger partial charge in [0.05, 0.1) is 23.7 Å². The lowest BCUT2D eigenvalue weighted by Gasteiger charge is -2.43. The second-order valence-electron chi connectivity index (χ2n) is 12.1. The van der Waals surface area contributed by atoms with Crippen LogP contribution < -0.4 is 10.1 Å². The Morgan fingerprint density at radius 3 is 2.04 bits per heavy atom. The Kier molecular flexibility index (Phi) is 12.2. The fourth-order valence-electron chi connectivity index (χ4n) is 6.79. The van der Waals surface area contributed by atoms with E-state index in [1.165, 1.54) is 30.2 Å². The lowest BCUT2D eigenvalue weighted by Crippen LogP contribution is -2.43. The SMILES string of the molecule is CC1=C(C(=O)O)C(c2cccc(OC(F)(F)C(F)F)c2)C(C(=O)OCCCN2CCC(c3ccccc3)(c3ccccc3)CC2)=C(C)N1.Cl. The van der Waals surface area contributed by atoms with Gasteiger partial charge in [0.1, 0.15) is 5.75 Å². The molecule has 5 rings (SSSR count). The highest BCUT2D eigenvalue weighted by Crippen LogP contribution is 2.42. The highest BCUT2D eigenvalue weighted by Gasteiger charge is 2.44. The van der Waals surface area contributed by atoms with E-state index in [1.54, 1.807) is 6.92 Å². The number of carbonyl (C=O) groups excluding carboxylic acids is 1. The molecule has 3 aromatic carbocycles. The van der Waals surface area contributed by atoms with Gasteiger partial charge in [-0.25, -0.2) is 9.59 Å². The molecule has 2 N–H and O–H groups in total. The van der Waals surface area contributed by atoms with E-state index in [9.17, 15) is 32.3 Å². The maximum atomic E-state index is 13.7. The van der Waals surface area contributed by atoms with Crippen LogP contribution in [0.2, 0.25) is 0 Å². The van der Waals surface area contributed by atoms with E-state index in [2.05, 4.69) is 63.5 Å². The number of allylic oxidation sites excluding steroid dienone is 2. The number of hydrogen-bond donors (Lipinski definition) is 2. The number of dihydropyridines is 1. The van der Waals surface area contributed by atoms with Crippen LogP contribution in [0.15, 0.2) is 107 Å². The molecule has 0 bridgehead atoms. The van der Waals surface area contributed by atoms with Crippen molar-refractivity contribution >= 4 is 24.3 Å². The van der Waals surface area contributed by atoms with Crippen molar-refractivity contribution in [3.05, 3.63) is 124 Å². The molecule has 0 radical (unpaired) electrons. The van der Waals surface area contributed by atoms with Crippen LogP contribution in [0, 0.1) is 0 Å². The molecule has 2 aliphatic heterocycles. The monoisotopic (exact) mass is 702 g/mol. The fraction of sp³-hybridized carbons (Fsp3) is 0.351. The molecule has 0 aliphatic carbocycles.